The molecule has 0 unspecified atom stereocenters. The van der Waals surface area contributed by atoms with E-state index in [0.29, 0.717) is 16.4 Å². The lowest BCUT2D eigenvalue weighted by Crippen LogP contribution is -1.83. The zero-order chi connectivity index (χ0) is 11.4. The van der Waals surface area contributed by atoms with Gasteiger partial charge in [0, 0.05) is 16.8 Å². The molecule has 0 bridgehead atoms. The van der Waals surface area contributed by atoms with Crippen molar-refractivity contribution in [3.63, 3.8) is 0 Å². The third-order valence-electron chi connectivity index (χ3n) is 2.07. The molecule has 4 heteroatoms. The number of hydrogen-bond donors (Lipinski definition) is 0. The summed E-state index contributed by atoms with van der Waals surface area (Å²) < 4.78 is 0. The zero-order valence-corrected chi connectivity index (χ0v) is 8.98. The van der Waals surface area contributed by atoms with Crippen LogP contribution in [-0.4, -0.2) is 11.1 Å². The number of benzene rings is 1. The van der Waals surface area contributed by atoms with Gasteiger partial charge >= 0.3 is 0 Å². The minimum atomic E-state index is 0.500. The van der Waals surface area contributed by atoms with Gasteiger partial charge in [-0.1, -0.05) is 23.7 Å². The highest BCUT2D eigenvalue weighted by Gasteiger charge is 2.04. The maximum atomic E-state index is 10.3. The van der Waals surface area contributed by atoms with Crippen molar-refractivity contribution in [2.24, 2.45) is 4.99 Å². The van der Waals surface area contributed by atoms with E-state index in [0.717, 1.165) is 5.56 Å². The number of aliphatic imine (C=N–C) groups is 1. The second-order valence-corrected chi connectivity index (χ2v) is 3.52. The molecule has 0 amide bonds. The first kappa shape index (κ1) is 10.6. The lowest BCUT2D eigenvalue weighted by atomic mass is 10.1. The molecule has 2 aromatic rings. The summed E-state index contributed by atoms with van der Waals surface area (Å²) in [6.45, 7) is 0. The number of hydrogen-bond acceptors (Lipinski definition) is 3. The summed E-state index contributed by atoms with van der Waals surface area (Å²) >= 11 is 5.79. The summed E-state index contributed by atoms with van der Waals surface area (Å²) in [6, 6.07) is 10.6. The monoisotopic (exact) mass is 230 g/mol. The number of pyridine rings is 1. The molecule has 3 nitrogen and oxygen atoms in total. The molecule has 1 aromatic carbocycles. The molecule has 0 aliphatic carbocycles. The van der Waals surface area contributed by atoms with Crippen LogP contribution in [0.3, 0.4) is 0 Å². The average molecular weight is 231 g/mol. The van der Waals surface area contributed by atoms with Gasteiger partial charge in [0.25, 0.3) is 0 Å². The van der Waals surface area contributed by atoms with E-state index in [9.17, 15) is 4.79 Å². The smallest absolute Gasteiger partial charge is 0.240 e. The number of rotatable bonds is 2. The molecule has 0 aliphatic rings. The summed E-state index contributed by atoms with van der Waals surface area (Å²) in [5.41, 5.74) is 2.00. The molecular formula is C12H7ClN2O. The molecular weight excluding hydrogens is 224 g/mol. The predicted molar refractivity (Wildman–Crippen MR) is 62.5 cm³/mol. The Balaban J connectivity index is 2.55. The highest BCUT2D eigenvalue weighted by Crippen LogP contribution is 2.28. The summed E-state index contributed by atoms with van der Waals surface area (Å²) in [4.78, 5) is 18.1. The SMILES string of the molecule is O=C=Nc1cccnc1-c1ccc(Cl)cc1. The minimum Gasteiger partial charge on any atom is -0.254 e. The standard InChI is InChI=1S/C12H7ClN2O/c13-10-5-3-9(4-6-10)12-11(15-8-16)2-1-7-14-12/h1-7H. The predicted octanol–water partition coefficient (Wildman–Crippen LogP) is 3.37. The van der Waals surface area contributed by atoms with Crippen LogP contribution in [0.1, 0.15) is 0 Å². The molecule has 0 aliphatic heterocycles. The fourth-order valence-electron chi connectivity index (χ4n) is 1.37. The van der Waals surface area contributed by atoms with E-state index in [-0.39, 0.29) is 0 Å². The molecule has 0 saturated carbocycles. The molecule has 1 aromatic heterocycles. The lowest BCUT2D eigenvalue weighted by molar-refractivity contribution is 0.565. The van der Waals surface area contributed by atoms with Crippen molar-refractivity contribution >= 4 is 23.4 Å². The van der Waals surface area contributed by atoms with Gasteiger partial charge in [-0.15, -0.1) is 0 Å². The van der Waals surface area contributed by atoms with Crippen LogP contribution in [0.4, 0.5) is 5.69 Å². The van der Waals surface area contributed by atoms with Gasteiger partial charge in [0.1, 0.15) is 5.69 Å². The van der Waals surface area contributed by atoms with Crippen LogP contribution in [-0.2, 0) is 4.79 Å². The van der Waals surface area contributed by atoms with Crippen molar-refractivity contribution < 1.29 is 4.79 Å². The van der Waals surface area contributed by atoms with Crippen molar-refractivity contribution in [3.8, 4) is 11.3 Å². The zero-order valence-electron chi connectivity index (χ0n) is 8.22. The van der Waals surface area contributed by atoms with Gasteiger partial charge < -0.3 is 0 Å². The van der Waals surface area contributed by atoms with Crippen LogP contribution < -0.4 is 0 Å². The van der Waals surface area contributed by atoms with Crippen molar-refractivity contribution in [2.45, 2.75) is 0 Å². The number of isocyanates is 1. The highest BCUT2D eigenvalue weighted by molar-refractivity contribution is 6.30. The third kappa shape index (κ3) is 2.16. The van der Waals surface area contributed by atoms with Gasteiger partial charge in [-0.25, -0.2) is 4.79 Å². The van der Waals surface area contributed by atoms with Gasteiger partial charge in [0.2, 0.25) is 6.08 Å². The molecule has 1 heterocycles. The molecule has 0 atom stereocenters. The molecule has 0 spiro atoms. The molecule has 78 valence electrons. The summed E-state index contributed by atoms with van der Waals surface area (Å²) in [5, 5.41) is 0.653. The normalized spacial score (nSPS) is 9.56. The Morgan fingerprint density at radius 3 is 2.62 bits per heavy atom. The van der Waals surface area contributed by atoms with Crippen LogP contribution in [0, 0.1) is 0 Å². The van der Waals surface area contributed by atoms with Gasteiger partial charge in [-0.2, -0.15) is 4.99 Å². The maximum Gasteiger partial charge on any atom is 0.240 e. The first-order valence-corrected chi connectivity index (χ1v) is 4.98. The summed E-state index contributed by atoms with van der Waals surface area (Å²) in [7, 11) is 0. The van der Waals surface area contributed by atoms with Gasteiger partial charge in [0.15, 0.2) is 0 Å². The highest BCUT2D eigenvalue weighted by atomic mass is 35.5. The van der Waals surface area contributed by atoms with Crippen LogP contribution in [0.15, 0.2) is 47.6 Å². The van der Waals surface area contributed by atoms with Crippen LogP contribution in [0.5, 0.6) is 0 Å². The fourth-order valence-corrected chi connectivity index (χ4v) is 1.49. The van der Waals surface area contributed by atoms with Gasteiger partial charge in [0.05, 0.1) is 5.69 Å². The Kier molecular flexibility index (Phi) is 3.10. The van der Waals surface area contributed by atoms with Crippen LogP contribution >= 0.6 is 11.6 Å². The van der Waals surface area contributed by atoms with E-state index in [4.69, 9.17) is 11.6 Å². The molecule has 0 radical (unpaired) electrons. The lowest BCUT2D eigenvalue weighted by Gasteiger charge is -2.02. The quantitative estimate of drug-likeness (QED) is 0.586. The molecule has 0 saturated heterocycles. The van der Waals surface area contributed by atoms with E-state index < -0.39 is 0 Å². The Bertz CT molecular complexity index is 545. The van der Waals surface area contributed by atoms with Crippen LogP contribution in [0.25, 0.3) is 11.3 Å². The van der Waals surface area contributed by atoms with E-state index in [2.05, 4.69) is 9.98 Å². The molecule has 0 fully saturated rings. The van der Waals surface area contributed by atoms with Crippen molar-refractivity contribution in [2.75, 3.05) is 0 Å². The average Bonchev–Trinajstić information content (AvgIpc) is 2.32. The Morgan fingerprint density at radius 1 is 1.19 bits per heavy atom. The second-order valence-electron chi connectivity index (χ2n) is 3.08. The van der Waals surface area contributed by atoms with E-state index >= 15 is 0 Å². The van der Waals surface area contributed by atoms with E-state index in [1.54, 1.807) is 30.5 Å². The molecule has 0 N–H and O–H groups in total. The van der Waals surface area contributed by atoms with Gasteiger partial charge in [-0.05, 0) is 24.3 Å². The fraction of sp³-hybridized carbons (Fsp3) is 0. The number of halogens is 1. The van der Waals surface area contributed by atoms with E-state index in [1.165, 1.54) is 6.08 Å². The minimum absolute atomic E-state index is 0.500. The van der Waals surface area contributed by atoms with Crippen LogP contribution in [0.2, 0.25) is 5.02 Å². The first-order valence-electron chi connectivity index (χ1n) is 4.60. The Morgan fingerprint density at radius 2 is 1.94 bits per heavy atom. The van der Waals surface area contributed by atoms with Gasteiger partial charge in [-0.3, -0.25) is 4.98 Å². The number of carbonyl (C=O) groups excluding carboxylic acids is 1. The Hall–Kier alpha value is -1.96. The number of aromatic nitrogens is 1. The largest absolute Gasteiger partial charge is 0.254 e. The third-order valence-corrected chi connectivity index (χ3v) is 2.32. The molecule has 16 heavy (non-hydrogen) atoms. The topological polar surface area (TPSA) is 42.3 Å². The van der Waals surface area contributed by atoms with E-state index in [1.807, 2.05) is 12.1 Å². The van der Waals surface area contributed by atoms with Crippen molar-refractivity contribution in [3.05, 3.63) is 47.6 Å². The first-order chi connectivity index (χ1) is 7.81. The summed E-state index contributed by atoms with van der Waals surface area (Å²) in [6.07, 6.45) is 3.16. The second kappa shape index (κ2) is 4.71. The molecule has 2 rings (SSSR count). The van der Waals surface area contributed by atoms with Crippen molar-refractivity contribution in [1.82, 2.24) is 4.98 Å². The maximum absolute atomic E-state index is 10.3. The Labute approximate surface area is 97.4 Å². The summed E-state index contributed by atoms with van der Waals surface area (Å²) in [5.74, 6) is 0. The number of nitrogens with zero attached hydrogens (tertiary/aromatic N) is 2. The van der Waals surface area contributed by atoms with Crippen molar-refractivity contribution in [1.29, 1.82) is 0 Å².